The highest BCUT2D eigenvalue weighted by Crippen LogP contribution is 2.22. The van der Waals surface area contributed by atoms with E-state index < -0.39 is 22.5 Å². The summed E-state index contributed by atoms with van der Waals surface area (Å²) in [7, 11) is -2.53. The molecule has 0 amide bonds. The summed E-state index contributed by atoms with van der Waals surface area (Å²) in [4.78, 5) is 16.5. The number of esters is 1. The first-order valence-electron chi connectivity index (χ1n) is 8.66. The number of hydrogen-bond donors (Lipinski definition) is 0. The summed E-state index contributed by atoms with van der Waals surface area (Å²) in [5, 5.41) is 0.420. The Hall–Kier alpha value is -2.68. The van der Waals surface area contributed by atoms with Gasteiger partial charge in [-0.05, 0) is 43.3 Å². The van der Waals surface area contributed by atoms with E-state index in [1.807, 2.05) is 30.3 Å². The molecule has 0 aliphatic carbocycles. The van der Waals surface area contributed by atoms with Crippen LogP contribution in [-0.2, 0) is 26.2 Å². The molecule has 0 unspecified atom stereocenters. The molecular formula is C20H19ClN2O5S. The Morgan fingerprint density at radius 2 is 1.79 bits per heavy atom. The van der Waals surface area contributed by atoms with Crippen molar-refractivity contribution in [2.45, 2.75) is 18.4 Å². The number of aryl methyl sites for hydroxylation is 1. The van der Waals surface area contributed by atoms with Gasteiger partial charge >= 0.3 is 5.97 Å². The summed E-state index contributed by atoms with van der Waals surface area (Å²) < 4.78 is 36.8. The average Bonchev–Trinajstić information content (AvgIpc) is 3.08. The fourth-order valence-corrected chi connectivity index (χ4v) is 3.76. The van der Waals surface area contributed by atoms with E-state index in [-0.39, 0.29) is 11.5 Å². The van der Waals surface area contributed by atoms with Gasteiger partial charge in [-0.2, -0.15) is 4.31 Å². The van der Waals surface area contributed by atoms with Gasteiger partial charge in [0.1, 0.15) is 24.6 Å². The lowest BCUT2D eigenvalue weighted by atomic mass is 10.2. The summed E-state index contributed by atoms with van der Waals surface area (Å²) >= 11 is 5.78. The molecule has 9 heteroatoms. The highest BCUT2D eigenvalue weighted by atomic mass is 35.5. The van der Waals surface area contributed by atoms with Crippen molar-refractivity contribution >= 4 is 27.6 Å². The summed E-state index contributed by atoms with van der Waals surface area (Å²) in [6.07, 6.45) is 0. The maximum Gasteiger partial charge on any atom is 0.321 e. The average molecular weight is 435 g/mol. The van der Waals surface area contributed by atoms with Crippen LogP contribution in [0, 0.1) is 6.92 Å². The van der Waals surface area contributed by atoms with Crippen molar-refractivity contribution in [2.75, 3.05) is 13.6 Å². The molecular weight excluding hydrogens is 416 g/mol. The van der Waals surface area contributed by atoms with E-state index >= 15 is 0 Å². The molecule has 1 heterocycles. The number of halogens is 1. The van der Waals surface area contributed by atoms with Crippen molar-refractivity contribution < 1.29 is 22.4 Å². The summed E-state index contributed by atoms with van der Waals surface area (Å²) in [5.74, 6) is 0.254. The molecule has 0 radical (unpaired) electrons. The quantitative estimate of drug-likeness (QED) is 0.527. The third kappa shape index (κ3) is 5.03. The van der Waals surface area contributed by atoms with Gasteiger partial charge in [0.25, 0.3) is 0 Å². The van der Waals surface area contributed by atoms with Gasteiger partial charge in [0, 0.05) is 17.6 Å². The molecule has 3 rings (SSSR count). The topological polar surface area (TPSA) is 89.7 Å². The number of rotatable bonds is 7. The highest BCUT2D eigenvalue weighted by molar-refractivity contribution is 7.89. The number of carbonyl (C=O) groups is 1. The Morgan fingerprint density at radius 1 is 1.14 bits per heavy atom. The molecule has 0 atom stereocenters. The van der Waals surface area contributed by atoms with E-state index in [1.165, 1.54) is 31.3 Å². The Labute approximate surface area is 173 Å². The fraction of sp³-hybridized carbons (Fsp3) is 0.200. The Morgan fingerprint density at radius 3 is 2.45 bits per heavy atom. The Kier molecular flexibility index (Phi) is 6.36. The maximum atomic E-state index is 12.5. The van der Waals surface area contributed by atoms with Gasteiger partial charge in [0.2, 0.25) is 15.9 Å². The molecule has 0 bridgehead atoms. The highest BCUT2D eigenvalue weighted by Gasteiger charge is 2.24. The van der Waals surface area contributed by atoms with Gasteiger partial charge in [-0.15, -0.1) is 0 Å². The molecule has 1 aromatic heterocycles. The number of likely N-dealkylation sites (N-methyl/N-ethyl adjacent to an activating group) is 1. The summed E-state index contributed by atoms with van der Waals surface area (Å²) in [6.45, 7) is 1.17. The number of aromatic nitrogens is 1. The number of ether oxygens (including phenoxy) is 1. The molecule has 152 valence electrons. The van der Waals surface area contributed by atoms with Crippen LogP contribution in [0.1, 0.15) is 11.5 Å². The van der Waals surface area contributed by atoms with E-state index in [0.29, 0.717) is 22.4 Å². The second-order valence-electron chi connectivity index (χ2n) is 6.26. The minimum absolute atomic E-state index is 0.0389. The zero-order chi connectivity index (χ0) is 21.0. The molecule has 29 heavy (non-hydrogen) atoms. The van der Waals surface area contributed by atoms with Crippen molar-refractivity contribution in [2.24, 2.45) is 0 Å². The molecule has 0 saturated carbocycles. The predicted octanol–water partition coefficient (Wildman–Crippen LogP) is 3.67. The van der Waals surface area contributed by atoms with Crippen molar-refractivity contribution in [3.8, 4) is 11.5 Å². The van der Waals surface area contributed by atoms with Gasteiger partial charge in [-0.3, -0.25) is 4.79 Å². The van der Waals surface area contributed by atoms with Crippen LogP contribution in [0.15, 0.2) is 63.9 Å². The van der Waals surface area contributed by atoms with E-state index in [1.54, 1.807) is 6.92 Å². The smallest absolute Gasteiger partial charge is 0.321 e. The van der Waals surface area contributed by atoms with Crippen LogP contribution in [0.3, 0.4) is 0 Å². The van der Waals surface area contributed by atoms with Crippen LogP contribution < -0.4 is 0 Å². The molecule has 0 aliphatic rings. The standard InChI is InChI=1S/C20H19ClN2O5S/c1-14-18(22-20(28-14)15-6-4-3-5-7-15)13-27-19(24)12-23(2)29(25,26)17-10-8-16(21)9-11-17/h3-11H,12-13H2,1-2H3. The van der Waals surface area contributed by atoms with Gasteiger partial charge in [-0.1, -0.05) is 29.8 Å². The van der Waals surface area contributed by atoms with Crippen molar-refractivity contribution in [1.29, 1.82) is 0 Å². The van der Waals surface area contributed by atoms with Gasteiger partial charge in [-0.25, -0.2) is 13.4 Å². The number of carbonyl (C=O) groups excluding carboxylic acids is 1. The second kappa shape index (κ2) is 8.77. The van der Waals surface area contributed by atoms with Crippen LogP contribution >= 0.6 is 11.6 Å². The van der Waals surface area contributed by atoms with Crippen molar-refractivity contribution in [3.05, 3.63) is 71.1 Å². The molecule has 0 fully saturated rings. The molecule has 7 nitrogen and oxygen atoms in total. The lowest BCUT2D eigenvalue weighted by Gasteiger charge is -2.16. The van der Waals surface area contributed by atoms with E-state index in [2.05, 4.69) is 4.98 Å². The fourth-order valence-electron chi connectivity index (χ4n) is 2.51. The van der Waals surface area contributed by atoms with E-state index in [0.717, 1.165) is 9.87 Å². The minimum atomic E-state index is -3.83. The van der Waals surface area contributed by atoms with Crippen LogP contribution in [0.5, 0.6) is 0 Å². The predicted molar refractivity (Wildman–Crippen MR) is 108 cm³/mol. The Bertz CT molecular complexity index is 1100. The number of hydrogen-bond acceptors (Lipinski definition) is 6. The zero-order valence-corrected chi connectivity index (χ0v) is 17.4. The molecule has 0 N–H and O–H groups in total. The number of nitrogens with zero attached hydrogens (tertiary/aromatic N) is 2. The molecule has 0 spiro atoms. The number of sulfonamides is 1. The maximum absolute atomic E-state index is 12.5. The first kappa shape index (κ1) is 21.0. The third-order valence-corrected chi connectivity index (χ3v) is 6.23. The van der Waals surface area contributed by atoms with Gasteiger partial charge < -0.3 is 9.15 Å². The van der Waals surface area contributed by atoms with E-state index in [4.69, 9.17) is 20.8 Å². The normalized spacial score (nSPS) is 11.6. The second-order valence-corrected chi connectivity index (χ2v) is 8.74. The van der Waals surface area contributed by atoms with Gasteiger partial charge in [0.15, 0.2) is 0 Å². The largest absolute Gasteiger partial charge is 0.458 e. The lowest BCUT2D eigenvalue weighted by Crippen LogP contribution is -2.33. The van der Waals surface area contributed by atoms with Gasteiger partial charge in [0.05, 0.1) is 4.90 Å². The number of benzene rings is 2. The minimum Gasteiger partial charge on any atom is -0.458 e. The van der Waals surface area contributed by atoms with Crippen LogP contribution in [0.2, 0.25) is 5.02 Å². The first-order valence-corrected chi connectivity index (χ1v) is 10.5. The van der Waals surface area contributed by atoms with Crippen molar-refractivity contribution in [1.82, 2.24) is 9.29 Å². The monoisotopic (exact) mass is 434 g/mol. The summed E-state index contributed by atoms with van der Waals surface area (Å²) in [5.41, 5.74) is 1.28. The zero-order valence-electron chi connectivity index (χ0n) is 15.8. The lowest BCUT2D eigenvalue weighted by molar-refractivity contribution is -0.145. The van der Waals surface area contributed by atoms with Crippen LogP contribution in [-0.4, -0.2) is 37.3 Å². The molecule has 2 aromatic carbocycles. The van der Waals surface area contributed by atoms with Crippen LogP contribution in [0.4, 0.5) is 0 Å². The molecule has 0 saturated heterocycles. The number of oxazole rings is 1. The molecule has 0 aliphatic heterocycles. The third-order valence-electron chi connectivity index (χ3n) is 4.16. The SMILES string of the molecule is Cc1oc(-c2ccccc2)nc1COC(=O)CN(C)S(=O)(=O)c1ccc(Cl)cc1. The van der Waals surface area contributed by atoms with Crippen molar-refractivity contribution in [3.63, 3.8) is 0 Å². The van der Waals surface area contributed by atoms with E-state index in [9.17, 15) is 13.2 Å². The summed E-state index contributed by atoms with van der Waals surface area (Å²) in [6, 6.07) is 15.0. The van der Waals surface area contributed by atoms with Crippen LogP contribution in [0.25, 0.3) is 11.5 Å². The Balaban J connectivity index is 1.61. The first-order chi connectivity index (χ1) is 13.8. The molecule has 3 aromatic rings.